The molecule has 0 amide bonds. The maximum Gasteiger partial charge on any atom is 0.311 e. The van der Waals surface area contributed by atoms with E-state index in [4.69, 9.17) is 15.2 Å². The number of hydrogen-bond donors (Lipinski definition) is 1. The summed E-state index contributed by atoms with van der Waals surface area (Å²) >= 11 is 0. The van der Waals surface area contributed by atoms with Gasteiger partial charge in [0.25, 0.3) is 0 Å². The van der Waals surface area contributed by atoms with Gasteiger partial charge in [0.15, 0.2) is 5.75 Å². The maximum absolute atomic E-state index is 11.4. The number of ether oxygens (including phenoxy) is 2. The molecule has 7 nitrogen and oxygen atoms in total. The molecule has 0 saturated heterocycles. The quantitative estimate of drug-likeness (QED) is 0.447. The van der Waals surface area contributed by atoms with Crippen molar-refractivity contribution in [2.75, 3.05) is 27.3 Å². The summed E-state index contributed by atoms with van der Waals surface area (Å²) in [5.41, 5.74) is 7.93. The third kappa shape index (κ3) is 6.42. The third-order valence-electron chi connectivity index (χ3n) is 6.20. The Kier molecular flexibility index (Phi) is 8.26. The largest absolute Gasteiger partial charge is 0.497 e. The van der Waals surface area contributed by atoms with Gasteiger partial charge < -0.3 is 15.2 Å². The number of hydrogen-bond acceptors (Lipinski definition) is 6. The summed E-state index contributed by atoms with van der Waals surface area (Å²) in [5.74, 6) is 2.38. The molecule has 0 unspecified atom stereocenters. The standard InChI is InChI=1S/C24H33N3O4/c1-30-22-5-3-4-20(12-22)16-26(15-19-8-6-18(14-25)7-9-19)17-21-10-11-24(31-2)23(13-21)27(28)29/h3-5,10-13,18-19H,6-9,14-17,25H2,1-2H3. The summed E-state index contributed by atoms with van der Waals surface area (Å²) in [6.07, 6.45) is 4.73. The second-order valence-corrected chi connectivity index (χ2v) is 8.41. The van der Waals surface area contributed by atoms with E-state index in [9.17, 15) is 10.1 Å². The number of nitro groups is 1. The third-order valence-corrected chi connectivity index (χ3v) is 6.20. The van der Waals surface area contributed by atoms with Crippen molar-refractivity contribution < 1.29 is 14.4 Å². The normalized spacial score (nSPS) is 18.7. The first kappa shape index (κ1) is 23.0. The molecular weight excluding hydrogens is 394 g/mol. The second kappa shape index (κ2) is 11.1. The molecule has 2 aromatic carbocycles. The monoisotopic (exact) mass is 427 g/mol. The van der Waals surface area contributed by atoms with Crippen molar-refractivity contribution in [3.05, 3.63) is 63.7 Å². The predicted molar refractivity (Wildman–Crippen MR) is 121 cm³/mol. The number of nitrogens with two attached hydrogens (primary N) is 1. The molecule has 1 aliphatic rings. The number of rotatable bonds is 10. The van der Waals surface area contributed by atoms with Gasteiger partial charge >= 0.3 is 5.69 Å². The fourth-order valence-corrected chi connectivity index (χ4v) is 4.46. The molecule has 0 bridgehead atoms. The van der Waals surface area contributed by atoms with Gasteiger partial charge in [0.1, 0.15) is 5.75 Å². The van der Waals surface area contributed by atoms with Crippen LogP contribution >= 0.6 is 0 Å². The zero-order chi connectivity index (χ0) is 22.2. The van der Waals surface area contributed by atoms with Gasteiger partial charge in [0, 0.05) is 25.7 Å². The smallest absolute Gasteiger partial charge is 0.311 e. The van der Waals surface area contributed by atoms with Crippen molar-refractivity contribution in [2.45, 2.75) is 38.8 Å². The molecule has 3 rings (SSSR count). The van der Waals surface area contributed by atoms with Crippen LogP contribution in [0.3, 0.4) is 0 Å². The minimum atomic E-state index is -0.386. The molecule has 0 heterocycles. The van der Waals surface area contributed by atoms with Crippen molar-refractivity contribution >= 4 is 5.69 Å². The van der Waals surface area contributed by atoms with Gasteiger partial charge in [-0.25, -0.2) is 0 Å². The van der Waals surface area contributed by atoms with Gasteiger partial charge in [-0.1, -0.05) is 18.2 Å². The zero-order valence-corrected chi connectivity index (χ0v) is 18.5. The molecule has 0 radical (unpaired) electrons. The number of benzene rings is 2. The van der Waals surface area contributed by atoms with E-state index in [0.29, 0.717) is 18.4 Å². The van der Waals surface area contributed by atoms with Gasteiger partial charge in [-0.05, 0) is 73.4 Å². The van der Waals surface area contributed by atoms with E-state index >= 15 is 0 Å². The predicted octanol–water partition coefficient (Wildman–Crippen LogP) is 4.38. The Bertz CT molecular complexity index is 866. The van der Waals surface area contributed by atoms with E-state index in [1.165, 1.54) is 32.8 Å². The molecular formula is C24H33N3O4. The summed E-state index contributed by atoms with van der Waals surface area (Å²) in [5, 5.41) is 11.4. The van der Waals surface area contributed by atoms with Crippen molar-refractivity contribution in [2.24, 2.45) is 17.6 Å². The van der Waals surface area contributed by atoms with Crippen LogP contribution in [0.2, 0.25) is 0 Å². The van der Waals surface area contributed by atoms with Crippen LogP contribution in [0.15, 0.2) is 42.5 Å². The lowest BCUT2D eigenvalue weighted by Crippen LogP contribution is -2.32. The molecule has 0 spiro atoms. The summed E-state index contributed by atoms with van der Waals surface area (Å²) in [6, 6.07) is 13.3. The van der Waals surface area contributed by atoms with Crippen molar-refractivity contribution in [1.82, 2.24) is 4.90 Å². The Morgan fingerprint density at radius 1 is 1.00 bits per heavy atom. The highest BCUT2D eigenvalue weighted by atomic mass is 16.6. The van der Waals surface area contributed by atoms with Gasteiger partial charge in [0.2, 0.25) is 0 Å². The van der Waals surface area contributed by atoms with Crippen LogP contribution in [0.25, 0.3) is 0 Å². The molecule has 1 saturated carbocycles. The van der Waals surface area contributed by atoms with Crippen molar-refractivity contribution in [3.8, 4) is 11.5 Å². The van der Waals surface area contributed by atoms with Crippen LogP contribution in [0.5, 0.6) is 11.5 Å². The highest BCUT2D eigenvalue weighted by Crippen LogP contribution is 2.31. The summed E-state index contributed by atoms with van der Waals surface area (Å²) in [4.78, 5) is 13.4. The molecule has 31 heavy (non-hydrogen) atoms. The number of methoxy groups -OCH3 is 2. The molecule has 0 atom stereocenters. The van der Waals surface area contributed by atoms with Gasteiger partial charge in [-0.2, -0.15) is 0 Å². The SMILES string of the molecule is COc1cccc(CN(Cc2ccc(OC)c([N+](=O)[O-])c2)CC2CCC(CN)CC2)c1. The van der Waals surface area contributed by atoms with E-state index in [2.05, 4.69) is 17.0 Å². The summed E-state index contributed by atoms with van der Waals surface area (Å²) in [6.45, 7) is 3.12. The number of nitro benzene ring substituents is 1. The fourth-order valence-electron chi connectivity index (χ4n) is 4.46. The molecule has 0 aromatic heterocycles. The Morgan fingerprint density at radius 3 is 2.29 bits per heavy atom. The van der Waals surface area contributed by atoms with E-state index < -0.39 is 0 Å². The van der Waals surface area contributed by atoms with Crippen molar-refractivity contribution in [1.29, 1.82) is 0 Å². The van der Waals surface area contributed by atoms with E-state index in [1.54, 1.807) is 19.2 Å². The Morgan fingerprint density at radius 2 is 1.68 bits per heavy atom. The molecule has 168 valence electrons. The molecule has 2 aromatic rings. The molecule has 1 fully saturated rings. The summed E-state index contributed by atoms with van der Waals surface area (Å²) < 4.78 is 10.5. The average Bonchev–Trinajstić information content (AvgIpc) is 2.79. The first-order valence-corrected chi connectivity index (χ1v) is 10.9. The zero-order valence-electron chi connectivity index (χ0n) is 18.5. The van der Waals surface area contributed by atoms with E-state index in [-0.39, 0.29) is 16.4 Å². The lowest BCUT2D eigenvalue weighted by Gasteiger charge is -2.32. The van der Waals surface area contributed by atoms with Gasteiger partial charge in [-0.15, -0.1) is 0 Å². The van der Waals surface area contributed by atoms with Gasteiger partial charge in [0.05, 0.1) is 19.1 Å². The van der Waals surface area contributed by atoms with Crippen LogP contribution < -0.4 is 15.2 Å². The highest BCUT2D eigenvalue weighted by Gasteiger charge is 2.23. The Balaban J connectivity index is 1.78. The average molecular weight is 428 g/mol. The Hall–Kier alpha value is -2.64. The minimum Gasteiger partial charge on any atom is -0.497 e. The first-order valence-electron chi connectivity index (χ1n) is 10.9. The van der Waals surface area contributed by atoms with Crippen LogP contribution in [0.1, 0.15) is 36.8 Å². The molecule has 1 aliphatic carbocycles. The van der Waals surface area contributed by atoms with Crippen LogP contribution in [-0.2, 0) is 13.1 Å². The van der Waals surface area contributed by atoms with E-state index in [1.807, 2.05) is 18.2 Å². The first-order chi connectivity index (χ1) is 15.0. The van der Waals surface area contributed by atoms with Crippen LogP contribution in [-0.4, -0.2) is 37.1 Å². The van der Waals surface area contributed by atoms with E-state index in [0.717, 1.165) is 36.5 Å². The van der Waals surface area contributed by atoms with Gasteiger partial charge in [-0.3, -0.25) is 15.0 Å². The van der Waals surface area contributed by atoms with Crippen molar-refractivity contribution in [3.63, 3.8) is 0 Å². The second-order valence-electron chi connectivity index (χ2n) is 8.41. The minimum absolute atomic E-state index is 0.00443. The topological polar surface area (TPSA) is 90.9 Å². The fraction of sp³-hybridized carbons (Fsp3) is 0.500. The molecule has 0 aliphatic heterocycles. The Labute approximate surface area is 184 Å². The van der Waals surface area contributed by atoms with Crippen LogP contribution in [0.4, 0.5) is 5.69 Å². The van der Waals surface area contributed by atoms with Crippen LogP contribution in [0, 0.1) is 22.0 Å². The lowest BCUT2D eigenvalue weighted by atomic mass is 9.82. The highest BCUT2D eigenvalue weighted by molar-refractivity contribution is 5.48. The molecule has 7 heteroatoms. The molecule has 2 N–H and O–H groups in total. The summed E-state index contributed by atoms with van der Waals surface area (Å²) in [7, 11) is 3.12. The number of nitrogens with zero attached hydrogens (tertiary/aromatic N) is 2. The maximum atomic E-state index is 11.4. The lowest BCUT2D eigenvalue weighted by molar-refractivity contribution is -0.385.